The highest BCUT2D eigenvalue weighted by molar-refractivity contribution is 8.13. The molecule has 3 rings (SSSR count). The average Bonchev–Trinajstić information content (AvgIpc) is 3.64. The summed E-state index contributed by atoms with van der Waals surface area (Å²) in [6.45, 7) is 2.23. The van der Waals surface area contributed by atoms with Gasteiger partial charge >= 0.3 is 23.5 Å². The number of rotatable bonds is 21. The number of nitrogens with zero attached hydrogens (tertiary/aromatic N) is 4. The molecule has 2 aromatic heterocycles. The number of amides is 2. The summed E-state index contributed by atoms with van der Waals surface area (Å²) in [5.41, 5.74) is 7.04. The molecule has 0 radical (unpaired) electrons. The standard InChI is InChI=1S/C27H42N7O17P3S/c1-4-5-6-7-18(36)55-11-10-29-17(35)8-9-30-25(39)22(38)27(2,3)13-48-54(45,46)51-53(43,44)47-12-16-21(50-52(40,41)42)20(37)26(49-16)34-15-33-19-23(28)31-14-32-24(19)34/h4,6,14-16,20-22,26,37-38H,7-13H2,1-3H3,(H,29,35)(H,30,39)(H,43,44)(H,45,46)(H2,28,31,32)(H2,40,41,42)/t5?,16-,20-,21-,22+,26-/m1/s1. The van der Waals surface area contributed by atoms with Crippen molar-refractivity contribution in [2.75, 3.05) is 37.8 Å². The van der Waals surface area contributed by atoms with Crippen molar-refractivity contribution in [1.29, 1.82) is 0 Å². The van der Waals surface area contributed by atoms with Crippen LogP contribution in [0.25, 0.3) is 11.2 Å². The SMILES string of the molecule is CC=C=CCC(=O)SCCNC(=O)CCNC(=O)[C@H](O)C(C)(C)COP(=O)(O)OP(=O)(O)OC[C@H]1O[C@@H](n2cnc3c(N)ncnc32)[C@H](O)[C@@H]1OP(=O)(O)O. The van der Waals surface area contributed by atoms with E-state index in [9.17, 15) is 57.9 Å². The number of allylic oxidation sites excluding steroid dienone is 1. The highest BCUT2D eigenvalue weighted by Gasteiger charge is 2.50. The van der Waals surface area contributed by atoms with Gasteiger partial charge in [-0.2, -0.15) is 4.31 Å². The third-order valence-electron chi connectivity index (χ3n) is 7.32. The zero-order valence-corrected chi connectivity index (χ0v) is 32.9. The molecule has 3 heterocycles. The lowest BCUT2D eigenvalue weighted by Crippen LogP contribution is -2.46. The van der Waals surface area contributed by atoms with E-state index in [-0.39, 0.29) is 48.0 Å². The summed E-state index contributed by atoms with van der Waals surface area (Å²) >= 11 is 1.04. The monoisotopic (exact) mass is 861 g/mol. The Hall–Kier alpha value is -2.92. The molecule has 2 unspecified atom stereocenters. The number of thioether (sulfide) groups is 1. The molecule has 1 saturated heterocycles. The molecule has 0 saturated carbocycles. The molecule has 2 aromatic rings. The summed E-state index contributed by atoms with van der Waals surface area (Å²) in [5.74, 6) is -1.14. The third-order valence-corrected chi connectivity index (χ3v) is 11.3. The van der Waals surface area contributed by atoms with Crippen molar-refractivity contribution in [2.45, 2.75) is 64.3 Å². The maximum absolute atomic E-state index is 12.7. The Morgan fingerprint density at radius 2 is 1.80 bits per heavy atom. The molecule has 308 valence electrons. The molecule has 1 fully saturated rings. The molecule has 7 atom stereocenters. The highest BCUT2D eigenvalue weighted by atomic mass is 32.2. The Bertz CT molecular complexity index is 1890. The van der Waals surface area contributed by atoms with Crippen molar-refractivity contribution in [3.8, 4) is 0 Å². The van der Waals surface area contributed by atoms with Crippen LogP contribution in [-0.4, -0.2) is 123 Å². The number of carbonyl (C=O) groups excluding carboxylic acids is 3. The summed E-state index contributed by atoms with van der Waals surface area (Å²) in [4.78, 5) is 87.1. The number of aliphatic hydroxyl groups is 2. The Labute approximate surface area is 317 Å². The minimum atomic E-state index is -5.57. The summed E-state index contributed by atoms with van der Waals surface area (Å²) in [6.07, 6.45) is -3.48. The lowest BCUT2D eigenvalue weighted by Gasteiger charge is -2.30. The number of carbonyl (C=O) groups is 3. The molecular formula is C27H42N7O17P3S. The Morgan fingerprint density at radius 1 is 1.11 bits per heavy atom. The van der Waals surface area contributed by atoms with Gasteiger partial charge in [0, 0.05) is 37.1 Å². The van der Waals surface area contributed by atoms with Crippen molar-refractivity contribution in [2.24, 2.45) is 5.41 Å². The van der Waals surface area contributed by atoms with E-state index in [0.717, 1.165) is 29.0 Å². The van der Waals surface area contributed by atoms with Crippen LogP contribution in [0.5, 0.6) is 0 Å². The van der Waals surface area contributed by atoms with Gasteiger partial charge in [-0.25, -0.2) is 28.6 Å². The predicted octanol–water partition coefficient (Wildman–Crippen LogP) is -0.214. The first-order valence-electron chi connectivity index (χ1n) is 16.0. The molecular weight excluding hydrogens is 819 g/mol. The second kappa shape index (κ2) is 20.0. The summed E-state index contributed by atoms with van der Waals surface area (Å²) in [7, 11) is -16.4. The van der Waals surface area contributed by atoms with Crippen molar-refractivity contribution in [1.82, 2.24) is 30.2 Å². The number of hydrogen-bond acceptors (Lipinski definition) is 18. The summed E-state index contributed by atoms with van der Waals surface area (Å²) < 4.78 is 62.0. The van der Waals surface area contributed by atoms with Crippen LogP contribution in [0.1, 0.15) is 39.8 Å². The number of nitrogens with two attached hydrogens (primary N) is 1. The first kappa shape index (κ1) is 46.5. The summed E-state index contributed by atoms with van der Waals surface area (Å²) in [5, 5.41) is 26.2. The van der Waals surface area contributed by atoms with Gasteiger partial charge in [0.25, 0.3) is 0 Å². The Morgan fingerprint density at radius 3 is 2.47 bits per heavy atom. The van der Waals surface area contributed by atoms with Crippen LogP contribution in [0.3, 0.4) is 0 Å². The molecule has 10 N–H and O–H groups in total. The molecule has 0 aromatic carbocycles. The molecule has 24 nitrogen and oxygen atoms in total. The van der Waals surface area contributed by atoms with Crippen LogP contribution >= 0.6 is 35.2 Å². The van der Waals surface area contributed by atoms with Crippen LogP contribution in [-0.2, 0) is 50.7 Å². The van der Waals surface area contributed by atoms with Crippen LogP contribution in [0, 0.1) is 5.41 Å². The van der Waals surface area contributed by atoms with E-state index in [2.05, 4.69) is 40.2 Å². The van der Waals surface area contributed by atoms with Gasteiger partial charge in [-0.15, -0.1) is 5.73 Å². The van der Waals surface area contributed by atoms with Gasteiger partial charge in [-0.3, -0.25) is 32.5 Å². The van der Waals surface area contributed by atoms with Gasteiger partial charge in [0.05, 0.1) is 19.5 Å². The van der Waals surface area contributed by atoms with Gasteiger partial charge in [0.2, 0.25) is 11.8 Å². The number of aromatic nitrogens is 4. The number of fused-ring (bicyclic) bond motifs is 1. The van der Waals surface area contributed by atoms with Gasteiger partial charge in [0.15, 0.2) is 22.8 Å². The first-order valence-corrected chi connectivity index (χ1v) is 21.5. The molecule has 1 aliphatic rings. The number of phosphoric acid groups is 3. The topological polar surface area (TPSA) is 364 Å². The minimum absolute atomic E-state index is 0.0293. The number of ether oxygens (including phenoxy) is 1. The molecule has 0 spiro atoms. The van der Waals surface area contributed by atoms with Crippen molar-refractivity contribution in [3.63, 3.8) is 0 Å². The largest absolute Gasteiger partial charge is 0.481 e. The van der Waals surface area contributed by atoms with E-state index in [4.69, 9.17) is 19.5 Å². The molecule has 28 heteroatoms. The fourth-order valence-corrected chi connectivity index (χ4v) is 8.08. The van der Waals surface area contributed by atoms with E-state index in [0.29, 0.717) is 5.75 Å². The fourth-order valence-electron chi connectivity index (χ4n) is 4.61. The van der Waals surface area contributed by atoms with Crippen LogP contribution in [0.15, 0.2) is 30.5 Å². The lowest BCUT2D eigenvalue weighted by molar-refractivity contribution is -0.137. The van der Waals surface area contributed by atoms with E-state index in [1.165, 1.54) is 13.8 Å². The highest BCUT2D eigenvalue weighted by Crippen LogP contribution is 2.61. The Kier molecular flexibility index (Phi) is 16.9. The first-order chi connectivity index (χ1) is 25.6. The predicted molar refractivity (Wildman–Crippen MR) is 190 cm³/mol. The van der Waals surface area contributed by atoms with Crippen molar-refractivity contribution in [3.05, 3.63) is 30.5 Å². The minimum Gasteiger partial charge on any atom is -0.386 e. The molecule has 55 heavy (non-hydrogen) atoms. The molecule has 0 bridgehead atoms. The van der Waals surface area contributed by atoms with Crippen LogP contribution in [0.4, 0.5) is 5.82 Å². The zero-order chi connectivity index (χ0) is 41.2. The number of hydrogen-bond donors (Lipinski definition) is 9. The molecule has 0 aliphatic carbocycles. The van der Waals surface area contributed by atoms with Crippen LogP contribution in [0.2, 0.25) is 0 Å². The lowest BCUT2D eigenvalue weighted by atomic mass is 9.87. The number of phosphoric ester groups is 3. The average molecular weight is 862 g/mol. The smallest absolute Gasteiger partial charge is 0.386 e. The maximum Gasteiger partial charge on any atom is 0.481 e. The zero-order valence-electron chi connectivity index (χ0n) is 29.4. The molecule has 1 aliphatic heterocycles. The second-order valence-electron chi connectivity index (χ2n) is 12.2. The van der Waals surface area contributed by atoms with E-state index >= 15 is 0 Å². The van der Waals surface area contributed by atoms with Gasteiger partial charge in [-0.05, 0) is 19.1 Å². The fraction of sp³-hybridized carbons (Fsp3) is 0.593. The normalized spacial score (nSPS) is 21.5. The van der Waals surface area contributed by atoms with E-state index < -0.39 is 84.6 Å². The quantitative estimate of drug-likeness (QED) is 0.0445. The maximum atomic E-state index is 12.7. The van der Waals surface area contributed by atoms with Crippen molar-refractivity contribution < 1.29 is 80.5 Å². The molecule has 2 amide bonds. The number of aliphatic hydroxyl groups excluding tert-OH is 2. The number of imidazole rings is 1. The van der Waals surface area contributed by atoms with Crippen molar-refractivity contribution >= 4 is 69.1 Å². The number of nitrogens with one attached hydrogen (secondary N) is 2. The summed E-state index contributed by atoms with van der Waals surface area (Å²) in [6, 6.07) is 0. The van der Waals surface area contributed by atoms with Gasteiger partial charge < -0.3 is 50.9 Å². The number of anilines is 1. The van der Waals surface area contributed by atoms with E-state index in [1.807, 2.05) is 0 Å². The second-order valence-corrected chi connectivity index (χ2v) is 17.5. The van der Waals surface area contributed by atoms with Crippen LogP contribution < -0.4 is 16.4 Å². The Balaban J connectivity index is 1.49. The van der Waals surface area contributed by atoms with E-state index in [1.54, 1.807) is 19.1 Å². The third kappa shape index (κ3) is 14.5. The van der Waals surface area contributed by atoms with Gasteiger partial charge in [0.1, 0.15) is 36.3 Å². The van der Waals surface area contributed by atoms with Gasteiger partial charge in [-0.1, -0.05) is 25.6 Å². The number of nitrogen functional groups attached to an aromatic ring is 1.